The third-order valence-electron chi connectivity index (χ3n) is 2.61. The molecule has 0 bridgehead atoms. The van der Waals surface area contributed by atoms with Gasteiger partial charge in [-0.05, 0) is 24.3 Å². The number of nitrogens with zero attached hydrogens (tertiary/aromatic N) is 3. The van der Waals surface area contributed by atoms with Gasteiger partial charge in [-0.25, -0.2) is 4.98 Å². The molecule has 0 spiro atoms. The number of nitriles is 1. The van der Waals surface area contributed by atoms with Crippen molar-refractivity contribution in [1.82, 2.24) is 4.98 Å². The van der Waals surface area contributed by atoms with Crippen molar-refractivity contribution in [3.8, 4) is 6.07 Å². The van der Waals surface area contributed by atoms with Gasteiger partial charge in [0.2, 0.25) is 0 Å². The smallest absolute Gasteiger partial charge is 0.257 e. The molecule has 1 heterocycles. The molecule has 0 aliphatic carbocycles. The average molecular weight is 288 g/mol. The van der Waals surface area contributed by atoms with Crippen LogP contribution in [0.3, 0.4) is 0 Å². The first-order chi connectivity index (χ1) is 9.53. The van der Waals surface area contributed by atoms with E-state index in [1.807, 2.05) is 6.07 Å². The predicted octanol–water partition coefficient (Wildman–Crippen LogP) is 1.75. The quantitative estimate of drug-likeness (QED) is 0.928. The van der Waals surface area contributed by atoms with Gasteiger partial charge in [-0.15, -0.1) is 0 Å². The molecule has 0 aliphatic rings. The largest absolute Gasteiger partial charge is 0.324 e. The SMILES string of the molecule is CN(c1ccccc1)S(=O)(=O)Nc1ccc(C#N)cn1. The fourth-order valence-electron chi connectivity index (χ4n) is 1.50. The number of pyridine rings is 1. The number of hydrogen-bond donors (Lipinski definition) is 1. The highest BCUT2D eigenvalue weighted by Gasteiger charge is 2.18. The van der Waals surface area contributed by atoms with Crippen LogP contribution in [0, 0.1) is 11.3 Å². The summed E-state index contributed by atoms with van der Waals surface area (Å²) in [6.45, 7) is 0. The van der Waals surface area contributed by atoms with E-state index in [2.05, 4.69) is 9.71 Å². The molecule has 0 amide bonds. The van der Waals surface area contributed by atoms with Gasteiger partial charge in [0.15, 0.2) is 0 Å². The molecule has 1 N–H and O–H groups in total. The zero-order valence-electron chi connectivity index (χ0n) is 10.7. The second kappa shape index (κ2) is 5.59. The average Bonchev–Trinajstić information content (AvgIpc) is 2.48. The first-order valence-corrected chi connectivity index (χ1v) is 7.15. The van der Waals surface area contributed by atoms with Crippen LogP contribution in [0.1, 0.15) is 5.56 Å². The molecule has 1 aromatic carbocycles. The number of hydrogen-bond acceptors (Lipinski definition) is 4. The van der Waals surface area contributed by atoms with Gasteiger partial charge in [0.25, 0.3) is 0 Å². The highest BCUT2D eigenvalue weighted by atomic mass is 32.2. The van der Waals surface area contributed by atoms with Crippen molar-refractivity contribution in [2.75, 3.05) is 16.1 Å². The second-order valence-electron chi connectivity index (χ2n) is 3.95. The van der Waals surface area contributed by atoms with Crippen LogP contribution in [-0.4, -0.2) is 20.4 Å². The molecule has 102 valence electrons. The predicted molar refractivity (Wildman–Crippen MR) is 76.3 cm³/mol. The zero-order chi connectivity index (χ0) is 14.6. The summed E-state index contributed by atoms with van der Waals surface area (Å²) >= 11 is 0. The van der Waals surface area contributed by atoms with E-state index in [1.165, 1.54) is 25.4 Å². The van der Waals surface area contributed by atoms with Crippen molar-refractivity contribution in [3.63, 3.8) is 0 Å². The number of para-hydroxylation sites is 1. The normalized spacial score (nSPS) is 10.6. The molecule has 2 rings (SSSR count). The minimum atomic E-state index is -3.75. The third-order valence-corrected chi connectivity index (χ3v) is 4.01. The molecule has 0 saturated carbocycles. The standard InChI is InChI=1S/C13H12N4O2S/c1-17(12-5-3-2-4-6-12)20(18,19)16-13-8-7-11(9-14)10-15-13/h2-8,10H,1H3,(H,15,16). The number of rotatable bonds is 4. The molecule has 0 aliphatic heterocycles. The third kappa shape index (κ3) is 3.05. The lowest BCUT2D eigenvalue weighted by molar-refractivity contribution is 0.599. The molecule has 7 heteroatoms. The number of aromatic nitrogens is 1. The molecular weight excluding hydrogens is 276 g/mol. The number of benzene rings is 1. The first-order valence-electron chi connectivity index (χ1n) is 5.71. The molecular formula is C13H12N4O2S. The Hall–Kier alpha value is -2.59. The summed E-state index contributed by atoms with van der Waals surface area (Å²) in [5.41, 5.74) is 0.901. The fourth-order valence-corrected chi connectivity index (χ4v) is 2.42. The summed E-state index contributed by atoms with van der Waals surface area (Å²) < 4.78 is 27.8. The molecule has 0 radical (unpaired) electrons. The summed E-state index contributed by atoms with van der Waals surface area (Å²) in [5, 5.41) is 8.66. The van der Waals surface area contributed by atoms with Crippen LogP contribution >= 0.6 is 0 Å². The molecule has 6 nitrogen and oxygen atoms in total. The van der Waals surface area contributed by atoms with Crippen LogP contribution in [0.15, 0.2) is 48.7 Å². The number of nitrogens with one attached hydrogen (secondary N) is 1. The second-order valence-corrected chi connectivity index (χ2v) is 5.66. The van der Waals surface area contributed by atoms with Crippen LogP contribution in [0.25, 0.3) is 0 Å². The molecule has 0 atom stereocenters. The lowest BCUT2D eigenvalue weighted by Crippen LogP contribution is -2.32. The Kier molecular flexibility index (Phi) is 3.86. The van der Waals surface area contributed by atoms with E-state index in [-0.39, 0.29) is 5.82 Å². The minimum absolute atomic E-state index is 0.159. The first kappa shape index (κ1) is 13.8. The zero-order valence-corrected chi connectivity index (χ0v) is 11.5. The van der Waals surface area contributed by atoms with E-state index in [9.17, 15) is 8.42 Å². The molecule has 0 unspecified atom stereocenters. The molecule has 0 fully saturated rings. The maximum atomic E-state index is 12.2. The van der Waals surface area contributed by atoms with E-state index in [0.29, 0.717) is 11.3 Å². The lowest BCUT2D eigenvalue weighted by atomic mass is 10.3. The van der Waals surface area contributed by atoms with Crippen LogP contribution in [0.4, 0.5) is 11.5 Å². The topological polar surface area (TPSA) is 86.1 Å². The van der Waals surface area contributed by atoms with Gasteiger partial charge in [0.1, 0.15) is 11.9 Å². The van der Waals surface area contributed by atoms with Crippen LogP contribution in [0.5, 0.6) is 0 Å². The van der Waals surface area contributed by atoms with Crippen molar-refractivity contribution >= 4 is 21.7 Å². The van der Waals surface area contributed by atoms with Gasteiger partial charge in [-0.2, -0.15) is 13.7 Å². The molecule has 2 aromatic rings. The maximum Gasteiger partial charge on any atom is 0.324 e. The Labute approximate surface area is 117 Å². The van der Waals surface area contributed by atoms with Gasteiger partial charge in [-0.1, -0.05) is 18.2 Å². The van der Waals surface area contributed by atoms with Gasteiger partial charge in [0, 0.05) is 13.2 Å². The summed E-state index contributed by atoms with van der Waals surface area (Å²) in [6, 6.07) is 13.5. The van der Waals surface area contributed by atoms with Crippen molar-refractivity contribution < 1.29 is 8.42 Å². The number of anilines is 2. The monoisotopic (exact) mass is 288 g/mol. The minimum Gasteiger partial charge on any atom is -0.257 e. The summed E-state index contributed by atoms with van der Waals surface area (Å²) in [4.78, 5) is 3.87. The summed E-state index contributed by atoms with van der Waals surface area (Å²) in [5.74, 6) is 0.159. The Balaban J connectivity index is 2.20. The van der Waals surface area contributed by atoms with Crippen molar-refractivity contribution in [1.29, 1.82) is 5.26 Å². The lowest BCUT2D eigenvalue weighted by Gasteiger charge is -2.19. The van der Waals surface area contributed by atoms with Crippen molar-refractivity contribution in [2.24, 2.45) is 0 Å². The highest BCUT2D eigenvalue weighted by molar-refractivity contribution is 7.94. The van der Waals surface area contributed by atoms with Crippen molar-refractivity contribution in [2.45, 2.75) is 0 Å². The highest BCUT2D eigenvalue weighted by Crippen LogP contribution is 2.16. The van der Waals surface area contributed by atoms with Crippen molar-refractivity contribution in [3.05, 3.63) is 54.2 Å². The Morgan fingerprint density at radius 3 is 2.45 bits per heavy atom. The van der Waals surface area contributed by atoms with Crippen LogP contribution in [0.2, 0.25) is 0 Å². The summed E-state index contributed by atoms with van der Waals surface area (Å²) in [6.07, 6.45) is 1.31. The molecule has 20 heavy (non-hydrogen) atoms. The van der Waals surface area contributed by atoms with Gasteiger partial charge >= 0.3 is 10.2 Å². The van der Waals surface area contributed by atoms with Gasteiger partial charge < -0.3 is 0 Å². The Morgan fingerprint density at radius 2 is 1.90 bits per heavy atom. The fraction of sp³-hybridized carbons (Fsp3) is 0.0769. The van der Waals surface area contributed by atoms with E-state index in [0.717, 1.165) is 4.31 Å². The van der Waals surface area contributed by atoms with E-state index >= 15 is 0 Å². The Bertz CT molecular complexity index is 721. The van der Waals surface area contributed by atoms with Gasteiger partial charge in [-0.3, -0.25) is 9.03 Å². The molecule has 0 saturated heterocycles. The van der Waals surface area contributed by atoms with E-state index in [4.69, 9.17) is 5.26 Å². The maximum absolute atomic E-state index is 12.2. The Morgan fingerprint density at radius 1 is 1.20 bits per heavy atom. The molecule has 1 aromatic heterocycles. The summed E-state index contributed by atoms with van der Waals surface area (Å²) in [7, 11) is -2.30. The van der Waals surface area contributed by atoms with Gasteiger partial charge in [0.05, 0.1) is 11.3 Å². The van der Waals surface area contributed by atoms with Crippen LogP contribution in [-0.2, 0) is 10.2 Å². The van der Waals surface area contributed by atoms with Crippen LogP contribution < -0.4 is 9.03 Å². The van der Waals surface area contributed by atoms with E-state index < -0.39 is 10.2 Å². The van der Waals surface area contributed by atoms with E-state index in [1.54, 1.807) is 30.3 Å².